The van der Waals surface area contributed by atoms with Crippen molar-refractivity contribution in [1.29, 1.82) is 0 Å². The molecule has 34 heavy (non-hydrogen) atoms. The second kappa shape index (κ2) is 11.8. The number of halogens is 5. The summed E-state index contributed by atoms with van der Waals surface area (Å²) in [6, 6.07) is 3.32. The SMILES string of the molecule is CCCS(=O)(=O)N1CCN(C2(CNC(=O)c3cccc(C(F)(F)F)c3Cl)CCCCC2)CC1.Cl. The van der Waals surface area contributed by atoms with Crippen LogP contribution in [0.4, 0.5) is 13.2 Å². The first kappa shape index (κ1) is 29.2. The Kier molecular flexibility index (Phi) is 10.1. The maximum Gasteiger partial charge on any atom is 0.417 e. The van der Waals surface area contributed by atoms with E-state index in [0.29, 0.717) is 32.6 Å². The Morgan fingerprint density at radius 2 is 1.74 bits per heavy atom. The predicted octanol–water partition coefficient (Wildman–Crippen LogP) is 4.57. The van der Waals surface area contributed by atoms with Gasteiger partial charge in [-0.05, 0) is 31.4 Å². The van der Waals surface area contributed by atoms with Gasteiger partial charge in [-0.15, -0.1) is 12.4 Å². The smallest absolute Gasteiger partial charge is 0.350 e. The van der Waals surface area contributed by atoms with Crippen LogP contribution in [0, 0.1) is 0 Å². The summed E-state index contributed by atoms with van der Waals surface area (Å²) in [7, 11) is -3.26. The van der Waals surface area contributed by atoms with E-state index in [2.05, 4.69) is 10.2 Å². The van der Waals surface area contributed by atoms with Crippen LogP contribution in [0.3, 0.4) is 0 Å². The van der Waals surface area contributed by atoms with Crippen LogP contribution in [0.1, 0.15) is 61.4 Å². The van der Waals surface area contributed by atoms with E-state index in [0.717, 1.165) is 38.2 Å². The summed E-state index contributed by atoms with van der Waals surface area (Å²) in [5.41, 5.74) is -1.58. The highest BCUT2D eigenvalue weighted by molar-refractivity contribution is 7.89. The Morgan fingerprint density at radius 3 is 2.29 bits per heavy atom. The van der Waals surface area contributed by atoms with Crippen molar-refractivity contribution in [3.05, 3.63) is 34.3 Å². The molecule has 0 bridgehead atoms. The molecular weight excluding hydrogens is 514 g/mol. The molecule has 1 aliphatic heterocycles. The van der Waals surface area contributed by atoms with Crippen molar-refractivity contribution in [1.82, 2.24) is 14.5 Å². The molecule has 1 aromatic rings. The number of nitrogens with zero attached hydrogens (tertiary/aromatic N) is 2. The van der Waals surface area contributed by atoms with Crippen molar-refractivity contribution in [3.8, 4) is 0 Å². The number of carbonyl (C=O) groups is 1. The van der Waals surface area contributed by atoms with Crippen LogP contribution in [0.5, 0.6) is 0 Å². The molecule has 0 aromatic heterocycles. The minimum Gasteiger partial charge on any atom is -0.350 e. The molecular formula is C22H32Cl2F3N3O3S. The summed E-state index contributed by atoms with van der Waals surface area (Å²) < 4.78 is 65.8. The minimum absolute atomic E-state index is 0. The van der Waals surface area contributed by atoms with Gasteiger partial charge in [0.1, 0.15) is 0 Å². The summed E-state index contributed by atoms with van der Waals surface area (Å²) in [4.78, 5) is 15.0. The quantitative estimate of drug-likeness (QED) is 0.544. The number of hydrogen-bond donors (Lipinski definition) is 1. The van der Waals surface area contributed by atoms with E-state index in [4.69, 9.17) is 11.6 Å². The first-order chi connectivity index (χ1) is 15.5. The largest absolute Gasteiger partial charge is 0.417 e. The monoisotopic (exact) mass is 545 g/mol. The van der Waals surface area contributed by atoms with E-state index < -0.39 is 32.7 Å². The molecule has 1 amide bonds. The molecule has 1 aliphatic carbocycles. The molecule has 3 rings (SSSR count). The molecule has 0 spiro atoms. The van der Waals surface area contributed by atoms with E-state index in [1.165, 1.54) is 16.4 Å². The van der Waals surface area contributed by atoms with Crippen molar-refractivity contribution in [2.24, 2.45) is 0 Å². The topological polar surface area (TPSA) is 69.7 Å². The number of piperazine rings is 1. The number of benzene rings is 1. The third-order valence-corrected chi connectivity index (χ3v) is 9.16. The zero-order valence-electron chi connectivity index (χ0n) is 19.2. The molecule has 0 radical (unpaired) electrons. The van der Waals surface area contributed by atoms with Crippen LogP contribution in [0.25, 0.3) is 0 Å². The third-order valence-electron chi connectivity index (χ3n) is 6.68. The molecule has 0 atom stereocenters. The number of nitrogens with one attached hydrogen (secondary N) is 1. The maximum absolute atomic E-state index is 13.2. The van der Waals surface area contributed by atoms with Gasteiger partial charge < -0.3 is 5.32 Å². The minimum atomic E-state index is -4.64. The highest BCUT2D eigenvalue weighted by atomic mass is 35.5. The van der Waals surface area contributed by atoms with E-state index in [9.17, 15) is 26.4 Å². The summed E-state index contributed by atoms with van der Waals surface area (Å²) in [5, 5.41) is 2.22. The Bertz CT molecular complexity index is 946. The van der Waals surface area contributed by atoms with E-state index in [-0.39, 0.29) is 35.8 Å². The highest BCUT2D eigenvalue weighted by Gasteiger charge is 2.41. The number of alkyl halides is 3. The summed E-state index contributed by atoms with van der Waals surface area (Å²) >= 11 is 5.92. The van der Waals surface area contributed by atoms with Crippen LogP contribution < -0.4 is 5.32 Å². The summed E-state index contributed by atoms with van der Waals surface area (Å²) in [6.45, 7) is 4.03. The summed E-state index contributed by atoms with van der Waals surface area (Å²) in [5.74, 6) is -0.508. The number of amides is 1. The number of hydrogen-bond acceptors (Lipinski definition) is 4. The van der Waals surface area contributed by atoms with Crippen molar-refractivity contribution >= 4 is 39.9 Å². The van der Waals surface area contributed by atoms with Crippen LogP contribution >= 0.6 is 24.0 Å². The number of rotatable bonds is 7. The van der Waals surface area contributed by atoms with Crippen LogP contribution in [0.2, 0.25) is 5.02 Å². The van der Waals surface area contributed by atoms with Crippen molar-refractivity contribution < 1.29 is 26.4 Å². The second-order valence-corrected chi connectivity index (χ2v) is 11.3. The Balaban J connectivity index is 0.00000408. The van der Waals surface area contributed by atoms with Gasteiger partial charge in [-0.2, -0.15) is 17.5 Å². The second-order valence-electron chi connectivity index (χ2n) is 8.83. The molecule has 2 aliphatic rings. The maximum atomic E-state index is 13.2. The number of sulfonamides is 1. The molecule has 0 unspecified atom stereocenters. The standard InChI is InChI=1S/C22H31ClF3N3O3S.ClH/c1-2-15-33(31,32)29-13-11-28(12-14-29)21(9-4-3-5-10-21)16-27-20(30)17-7-6-8-18(19(17)23)22(24,25)26;/h6-8H,2-5,9-16H2,1H3,(H,27,30);1H. The van der Waals surface area contributed by atoms with Crippen LogP contribution in [0.15, 0.2) is 18.2 Å². The van der Waals surface area contributed by atoms with Gasteiger partial charge in [0.05, 0.1) is 21.9 Å². The van der Waals surface area contributed by atoms with Gasteiger partial charge in [-0.25, -0.2) is 8.42 Å². The summed E-state index contributed by atoms with van der Waals surface area (Å²) in [6.07, 6.45) is 0.645. The molecule has 1 aromatic carbocycles. The van der Waals surface area contributed by atoms with Gasteiger partial charge in [0.25, 0.3) is 5.91 Å². The zero-order chi connectivity index (χ0) is 24.3. The van der Waals surface area contributed by atoms with Crippen molar-refractivity contribution in [2.75, 3.05) is 38.5 Å². The van der Waals surface area contributed by atoms with Gasteiger partial charge in [-0.3, -0.25) is 9.69 Å². The Labute approximate surface area is 210 Å². The third kappa shape index (κ3) is 6.57. The number of carbonyl (C=O) groups excluding carboxylic acids is 1. The van der Waals surface area contributed by atoms with Gasteiger partial charge in [-0.1, -0.05) is 43.9 Å². The molecule has 6 nitrogen and oxygen atoms in total. The van der Waals surface area contributed by atoms with Gasteiger partial charge in [0.15, 0.2) is 0 Å². The molecule has 2 fully saturated rings. The average molecular weight is 546 g/mol. The molecule has 1 saturated carbocycles. The lowest BCUT2D eigenvalue weighted by Crippen LogP contribution is -2.62. The Hall–Kier alpha value is -1.07. The van der Waals surface area contributed by atoms with Crippen LogP contribution in [-0.2, 0) is 16.2 Å². The van der Waals surface area contributed by atoms with Crippen LogP contribution in [-0.4, -0.2) is 67.5 Å². The fraction of sp³-hybridized carbons (Fsp3) is 0.682. The molecule has 1 saturated heterocycles. The first-order valence-corrected chi connectivity index (χ1v) is 13.4. The van der Waals surface area contributed by atoms with Crippen molar-refractivity contribution in [3.63, 3.8) is 0 Å². The van der Waals surface area contributed by atoms with Gasteiger partial charge >= 0.3 is 6.18 Å². The van der Waals surface area contributed by atoms with E-state index in [1.807, 2.05) is 6.92 Å². The van der Waals surface area contributed by atoms with Gasteiger partial charge in [0.2, 0.25) is 10.0 Å². The normalized spacial score (nSPS) is 19.9. The average Bonchev–Trinajstić information content (AvgIpc) is 2.77. The lowest BCUT2D eigenvalue weighted by atomic mass is 9.79. The zero-order valence-corrected chi connectivity index (χ0v) is 21.6. The fourth-order valence-corrected chi connectivity index (χ4v) is 6.72. The van der Waals surface area contributed by atoms with Gasteiger partial charge in [0, 0.05) is 38.3 Å². The first-order valence-electron chi connectivity index (χ1n) is 11.4. The Morgan fingerprint density at radius 1 is 1.12 bits per heavy atom. The lowest BCUT2D eigenvalue weighted by Gasteiger charge is -2.49. The fourth-order valence-electron chi connectivity index (χ4n) is 4.91. The van der Waals surface area contributed by atoms with Crippen molar-refractivity contribution in [2.45, 2.75) is 57.2 Å². The van der Waals surface area contributed by atoms with E-state index >= 15 is 0 Å². The lowest BCUT2D eigenvalue weighted by molar-refractivity contribution is -0.137. The molecule has 194 valence electrons. The molecule has 1 N–H and O–H groups in total. The molecule has 12 heteroatoms. The van der Waals surface area contributed by atoms with E-state index in [1.54, 1.807) is 0 Å². The highest BCUT2D eigenvalue weighted by Crippen LogP contribution is 2.37. The molecule has 1 heterocycles. The predicted molar refractivity (Wildman–Crippen MR) is 129 cm³/mol.